The lowest BCUT2D eigenvalue weighted by atomic mass is 10.1. The largest absolute Gasteiger partial charge is 0.481 e. The van der Waals surface area contributed by atoms with Gasteiger partial charge in [-0.3, -0.25) is 4.79 Å². The third-order valence-corrected chi connectivity index (χ3v) is 3.57. The number of rotatable bonds is 4. The fourth-order valence-electron chi connectivity index (χ4n) is 1.89. The van der Waals surface area contributed by atoms with Crippen molar-refractivity contribution < 1.29 is 14.7 Å². The molecule has 102 valence electrons. The number of urea groups is 1. The summed E-state index contributed by atoms with van der Waals surface area (Å²) in [6.07, 6.45) is 3.76. The van der Waals surface area contributed by atoms with E-state index in [4.69, 9.17) is 5.11 Å². The fourth-order valence-corrected chi connectivity index (χ4v) is 2.44. The van der Waals surface area contributed by atoms with Crippen molar-refractivity contribution in [2.75, 3.05) is 7.05 Å². The summed E-state index contributed by atoms with van der Waals surface area (Å²) >= 11 is 1.48. The topological polar surface area (TPSA) is 82.5 Å². The minimum atomic E-state index is -0.858. The molecular weight excluding hydrogens is 266 g/mol. The molecule has 2 atom stereocenters. The number of aromatic nitrogens is 1. The molecule has 7 heteroatoms. The Hall–Kier alpha value is -1.89. The number of hydrogen-bond acceptors (Lipinski definition) is 4. The second-order valence-electron chi connectivity index (χ2n) is 4.46. The van der Waals surface area contributed by atoms with Gasteiger partial charge >= 0.3 is 12.0 Å². The number of nitrogens with one attached hydrogen (secondary N) is 1. The van der Waals surface area contributed by atoms with Crippen molar-refractivity contribution in [1.82, 2.24) is 15.2 Å². The highest BCUT2D eigenvalue weighted by Gasteiger charge is 2.26. The predicted octanol–water partition coefficient (Wildman–Crippen LogP) is 1.31. The number of hydrogen-bond donors (Lipinski definition) is 2. The minimum absolute atomic E-state index is 0.216. The van der Waals surface area contributed by atoms with Crippen LogP contribution in [0.15, 0.2) is 23.0 Å². The highest BCUT2D eigenvalue weighted by Crippen LogP contribution is 2.18. The lowest BCUT2D eigenvalue weighted by Crippen LogP contribution is -2.41. The van der Waals surface area contributed by atoms with E-state index in [2.05, 4.69) is 10.3 Å². The van der Waals surface area contributed by atoms with Gasteiger partial charge in [-0.15, -0.1) is 11.3 Å². The molecule has 2 amide bonds. The summed E-state index contributed by atoms with van der Waals surface area (Å²) in [5, 5.41) is 13.5. The Morgan fingerprint density at radius 2 is 2.37 bits per heavy atom. The Kier molecular flexibility index (Phi) is 4.16. The summed E-state index contributed by atoms with van der Waals surface area (Å²) in [4.78, 5) is 28.3. The standard InChI is InChI=1S/C12H15N3O3S/c1-15(5-10-6-19-7-13-10)12(18)14-9-3-2-8(4-9)11(16)17/h2-3,6-9H,4-5H2,1H3,(H,14,18)(H,16,17). The van der Waals surface area contributed by atoms with Crippen LogP contribution in [0, 0.1) is 5.92 Å². The summed E-state index contributed by atoms with van der Waals surface area (Å²) in [6.45, 7) is 0.439. The van der Waals surface area contributed by atoms with Crippen LogP contribution in [0.25, 0.3) is 0 Å². The maximum absolute atomic E-state index is 11.9. The van der Waals surface area contributed by atoms with Gasteiger partial charge < -0.3 is 15.3 Å². The van der Waals surface area contributed by atoms with Gasteiger partial charge in [0.15, 0.2) is 0 Å². The second-order valence-corrected chi connectivity index (χ2v) is 5.18. The van der Waals surface area contributed by atoms with E-state index < -0.39 is 11.9 Å². The van der Waals surface area contributed by atoms with Gasteiger partial charge in [0.2, 0.25) is 0 Å². The molecule has 0 fully saturated rings. The number of carboxylic acids is 1. The van der Waals surface area contributed by atoms with Crippen LogP contribution >= 0.6 is 11.3 Å². The molecule has 1 aromatic heterocycles. The molecule has 0 saturated heterocycles. The Morgan fingerprint density at radius 1 is 1.58 bits per heavy atom. The quantitative estimate of drug-likeness (QED) is 0.815. The van der Waals surface area contributed by atoms with E-state index in [9.17, 15) is 9.59 Å². The van der Waals surface area contributed by atoms with Gasteiger partial charge in [-0.2, -0.15) is 0 Å². The average molecular weight is 281 g/mol. The maximum atomic E-state index is 11.9. The summed E-state index contributed by atoms with van der Waals surface area (Å²) in [5.74, 6) is -1.36. The van der Waals surface area contributed by atoms with Crippen LogP contribution in [0.1, 0.15) is 12.1 Å². The third-order valence-electron chi connectivity index (χ3n) is 2.94. The van der Waals surface area contributed by atoms with Gasteiger partial charge in [-0.25, -0.2) is 9.78 Å². The zero-order chi connectivity index (χ0) is 13.8. The first-order valence-electron chi connectivity index (χ1n) is 5.86. The number of amides is 2. The highest BCUT2D eigenvalue weighted by atomic mass is 32.1. The molecule has 2 rings (SSSR count). The van der Waals surface area contributed by atoms with Crippen molar-refractivity contribution in [1.29, 1.82) is 0 Å². The number of carbonyl (C=O) groups is 2. The van der Waals surface area contributed by atoms with Crippen molar-refractivity contribution in [3.63, 3.8) is 0 Å². The van der Waals surface area contributed by atoms with Gasteiger partial charge in [0.1, 0.15) is 0 Å². The number of carbonyl (C=O) groups excluding carboxylic acids is 1. The Bertz CT molecular complexity index is 486. The normalized spacial score (nSPS) is 21.3. The molecule has 0 bridgehead atoms. The number of carboxylic acid groups (broad SMARTS) is 1. The molecule has 1 heterocycles. The fraction of sp³-hybridized carbons (Fsp3) is 0.417. The van der Waals surface area contributed by atoms with Crippen molar-refractivity contribution >= 4 is 23.3 Å². The summed E-state index contributed by atoms with van der Waals surface area (Å²) in [7, 11) is 1.68. The molecule has 0 saturated carbocycles. The number of aliphatic carboxylic acids is 1. The Morgan fingerprint density at radius 3 is 2.95 bits per heavy atom. The molecular formula is C12H15N3O3S. The zero-order valence-electron chi connectivity index (χ0n) is 10.4. The molecule has 2 N–H and O–H groups in total. The smallest absolute Gasteiger partial charge is 0.317 e. The molecule has 1 aromatic rings. The predicted molar refractivity (Wildman–Crippen MR) is 70.8 cm³/mol. The van der Waals surface area contributed by atoms with E-state index in [1.165, 1.54) is 16.2 Å². The number of nitrogens with zero attached hydrogens (tertiary/aromatic N) is 2. The molecule has 0 aromatic carbocycles. The van der Waals surface area contributed by atoms with Crippen LogP contribution in [-0.4, -0.2) is 40.1 Å². The molecule has 0 radical (unpaired) electrons. The van der Waals surface area contributed by atoms with Crippen LogP contribution < -0.4 is 5.32 Å². The van der Waals surface area contributed by atoms with E-state index in [-0.39, 0.29) is 12.1 Å². The van der Waals surface area contributed by atoms with Crippen LogP contribution in [0.4, 0.5) is 4.79 Å². The van der Waals surface area contributed by atoms with Crippen LogP contribution in [0.5, 0.6) is 0 Å². The first-order valence-corrected chi connectivity index (χ1v) is 6.80. The molecule has 1 aliphatic rings. The average Bonchev–Trinajstić information content (AvgIpc) is 2.99. The molecule has 0 spiro atoms. The summed E-state index contributed by atoms with van der Waals surface area (Å²) in [5.41, 5.74) is 2.56. The van der Waals surface area contributed by atoms with E-state index in [1.54, 1.807) is 24.7 Å². The first kappa shape index (κ1) is 13.5. The van der Waals surface area contributed by atoms with Gasteiger partial charge in [0.25, 0.3) is 0 Å². The van der Waals surface area contributed by atoms with Gasteiger partial charge in [-0.05, 0) is 6.42 Å². The number of thiazole rings is 1. The Labute approximate surface area is 114 Å². The van der Waals surface area contributed by atoms with Crippen molar-refractivity contribution in [2.45, 2.75) is 19.0 Å². The van der Waals surface area contributed by atoms with Crippen molar-refractivity contribution in [2.24, 2.45) is 5.92 Å². The SMILES string of the molecule is CN(Cc1cscn1)C(=O)NC1C=CC(C(=O)O)C1. The monoisotopic (exact) mass is 281 g/mol. The third kappa shape index (κ3) is 3.54. The minimum Gasteiger partial charge on any atom is -0.481 e. The van der Waals surface area contributed by atoms with Gasteiger partial charge in [0.05, 0.1) is 29.7 Å². The van der Waals surface area contributed by atoms with E-state index >= 15 is 0 Å². The van der Waals surface area contributed by atoms with E-state index in [0.29, 0.717) is 13.0 Å². The molecule has 1 aliphatic carbocycles. The first-order chi connectivity index (χ1) is 9.06. The van der Waals surface area contributed by atoms with E-state index in [0.717, 1.165) is 5.69 Å². The van der Waals surface area contributed by atoms with Crippen LogP contribution in [0.3, 0.4) is 0 Å². The second kappa shape index (κ2) is 5.83. The zero-order valence-corrected chi connectivity index (χ0v) is 11.3. The highest BCUT2D eigenvalue weighted by molar-refractivity contribution is 7.07. The van der Waals surface area contributed by atoms with Gasteiger partial charge in [0, 0.05) is 12.4 Å². The van der Waals surface area contributed by atoms with E-state index in [1.807, 2.05) is 5.38 Å². The molecule has 2 unspecified atom stereocenters. The van der Waals surface area contributed by atoms with Crippen molar-refractivity contribution in [3.8, 4) is 0 Å². The van der Waals surface area contributed by atoms with Gasteiger partial charge in [-0.1, -0.05) is 12.2 Å². The van der Waals surface area contributed by atoms with Crippen molar-refractivity contribution in [3.05, 3.63) is 28.7 Å². The molecule has 6 nitrogen and oxygen atoms in total. The summed E-state index contributed by atoms with van der Waals surface area (Å²) in [6, 6.07) is -0.444. The van der Waals surface area contributed by atoms with Crippen LogP contribution in [0.2, 0.25) is 0 Å². The maximum Gasteiger partial charge on any atom is 0.317 e. The molecule has 19 heavy (non-hydrogen) atoms. The van der Waals surface area contributed by atoms with Crippen LogP contribution in [-0.2, 0) is 11.3 Å². The lowest BCUT2D eigenvalue weighted by Gasteiger charge is -2.19. The summed E-state index contributed by atoms with van der Waals surface area (Å²) < 4.78 is 0. The Balaban J connectivity index is 1.81. The molecule has 0 aliphatic heterocycles. The lowest BCUT2D eigenvalue weighted by molar-refractivity contribution is -0.140.